The van der Waals surface area contributed by atoms with E-state index in [0.29, 0.717) is 11.3 Å². The second kappa shape index (κ2) is 4.92. The molecule has 0 atom stereocenters. The molecule has 0 saturated heterocycles. The number of ether oxygens (including phenoxy) is 1. The van der Waals surface area contributed by atoms with Crippen LogP contribution in [0.2, 0.25) is 0 Å². The van der Waals surface area contributed by atoms with Gasteiger partial charge >= 0.3 is 5.97 Å². The third-order valence-electron chi connectivity index (χ3n) is 2.32. The van der Waals surface area contributed by atoms with E-state index < -0.39 is 11.8 Å². The minimum absolute atomic E-state index is 0.106. The minimum Gasteiger partial charge on any atom is -0.463 e. The van der Waals surface area contributed by atoms with E-state index >= 15 is 0 Å². The summed E-state index contributed by atoms with van der Waals surface area (Å²) >= 11 is 0. The number of carbonyl (C=O) groups is 1. The third-order valence-corrected chi connectivity index (χ3v) is 2.32. The number of hydrogen-bond acceptors (Lipinski definition) is 5. The van der Waals surface area contributed by atoms with E-state index in [1.807, 2.05) is 0 Å². The monoisotopic (exact) mass is 251 g/mol. The van der Waals surface area contributed by atoms with Crippen LogP contribution < -0.4 is 0 Å². The van der Waals surface area contributed by atoms with Gasteiger partial charge in [-0.05, 0) is 18.2 Å². The zero-order valence-electron chi connectivity index (χ0n) is 9.50. The molecule has 0 aliphatic rings. The van der Waals surface area contributed by atoms with Crippen molar-refractivity contribution in [2.45, 2.75) is 6.61 Å². The molecule has 94 valence electrons. The largest absolute Gasteiger partial charge is 0.463 e. The van der Waals surface area contributed by atoms with E-state index in [4.69, 9.17) is 5.11 Å². The van der Waals surface area contributed by atoms with Gasteiger partial charge in [-0.3, -0.25) is 0 Å². The van der Waals surface area contributed by atoms with Gasteiger partial charge < -0.3 is 9.84 Å². The second-order valence-electron chi connectivity index (χ2n) is 3.44. The number of benzene rings is 1. The van der Waals surface area contributed by atoms with Crippen LogP contribution in [-0.4, -0.2) is 33.0 Å². The molecule has 18 heavy (non-hydrogen) atoms. The molecule has 1 aromatic carbocycles. The Hall–Kier alpha value is -2.28. The van der Waals surface area contributed by atoms with Crippen molar-refractivity contribution in [3.8, 4) is 5.69 Å². The highest BCUT2D eigenvalue weighted by atomic mass is 19.1. The van der Waals surface area contributed by atoms with Gasteiger partial charge in [-0.15, -0.1) is 5.10 Å². The molecule has 0 spiro atoms. The van der Waals surface area contributed by atoms with Crippen molar-refractivity contribution in [1.29, 1.82) is 0 Å². The van der Waals surface area contributed by atoms with Crippen molar-refractivity contribution in [3.63, 3.8) is 0 Å². The Kier molecular flexibility index (Phi) is 3.33. The van der Waals surface area contributed by atoms with E-state index in [9.17, 15) is 9.18 Å². The van der Waals surface area contributed by atoms with Crippen LogP contribution in [0.4, 0.5) is 4.39 Å². The lowest BCUT2D eigenvalue weighted by molar-refractivity contribution is 0.0587. The molecule has 0 aliphatic heterocycles. The fraction of sp³-hybridized carbons (Fsp3) is 0.182. The maximum absolute atomic E-state index is 13.0. The molecule has 7 heteroatoms. The highest BCUT2D eigenvalue weighted by Gasteiger charge is 2.13. The Bertz CT molecular complexity index is 583. The molecule has 2 rings (SSSR count). The molecule has 0 aliphatic carbocycles. The first-order valence-corrected chi connectivity index (χ1v) is 5.05. The Morgan fingerprint density at radius 1 is 1.56 bits per heavy atom. The second-order valence-corrected chi connectivity index (χ2v) is 3.44. The lowest BCUT2D eigenvalue weighted by Gasteiger charge is -2.06. The molecule has 0 saturated carbocycles. The van der Waals surface area contributed by atoms with Gasteiger partial charge in [-0.2, -0.15) is 0 Å². The van der Waals surface area contributed by atoms with E-state index in [1.54, 1.807) is 0 Å². The van der Waals surface area contributed by atoms with Crippen molar-refractivity contribution in [2.75, 3.05) is 7.11 Å². The molecule has 0 bridgehead atoms. The van der Waals surface area contributed by atoms with Crippen molar-refractivity contribution in [1.82, 2.24) is 14.8 Å². The predicted molar refractivity (Wildman–Crippen MR) is 58.6 cm³/mol. The maximum atomic E-state index is 13.0. The lowest BCUT2D eigenvalue weighted by Crippen LogP contribution is -2.06. The van der Waals surface area contributed by atoms with Crippen molar-refractivity contribution < 1.29 is 19.0 Å². The number of methoxy groups -OCH3 is 1. The molecular weight excluding hydrogens is 241 g/mol. The molecule has 1 aromatic heterocycles. The van der Waals surface area contributed by atoms with Crippen LogP contribution >= 0.6 is 0 Å². The van der Waals surface area contributed by atoms with Gasteiger partial charge in [0, 0.05) is 5.56 Å². The third kappa shape index (κ3) is 2.21. The Balaban J connectivity index is 2.42. The van der Waals surface area contributed by atoms with E-state index in [0.717, 1.165) is 0 Å². The Morgan fingerprint density at radius 2 is 2.33 bits per heavy atom. The molecular formula is C11H10FN3O3. The molecule has 0 amide bonds. The summed E-state index contributed by atoms with van der Waals surface area (Å²) in [6, 6.07) is 3.86. The molecule has 0 unspecified atom stereocenters. The van der Waals surface area contributed by atoms with Crippen LogP contribution in [0, 0.1) is 5.82 Å². The summed E-state index contributed by atoms with van der Waals surface area (Å²) < 4.78 is 18.8. The van der Waals surface area contributed by atoms with Gasteiger partial charge in [0.25, 0.3) is 5.82 Å². The van der Waals surface area contributed by atoms with Crippen LogP contribution in [0.5, 0.6) is 0 Å². The number of rotatable bonds is 3. The Morgan fingerprint density at radius 3 is 3.00 bits per heavy atom. The molecule has 0 radical (unpaired) electrons. The normalized spacial score (nSPS) is 10.4. The lowest BCUT2D eigenvalue weighted by atomic mass is 10.2. The van der Waals surface area contributed by atoms with Crippen LogP contribution in [0.25, 0.3) is 5.69 Å². The van der Waals surface area contributed by atoms with Gasteiger partial charge in [0.15, 0.2) is 0 Å². The number of hydrogen-bond donors (Lipinski definition) is 1. The zero-order chi connectivity index (χ0) is 13.1. The number of aliphatic hydroxyl groups is 1. The van der Waals surface area contributed by atoms with Crippen molar-refractivity contribution >= 4 is 5.97 Å². The number of carbonyl (C=O) groups excluding carboxylic acids is 1. The van der Waals surface area contributed by atoms with Gasteiger partial charge in [0.2, 0.25) is 0 Å². The smallest absolute Gasteiger partial charge is 0.377 e. The molecule has 1 N–H and O–H groups in total. The standard InChI is InChI=1S/C11H10FN3O3/c1-18-11(17)10-13-6-15(14-10)9-3-2-8(12)4-7(9)5-16/h2-4,6,16H,5H2,1H3. The quantitative estimate of drug-likeness (QED) is 0.812. The molecule has 6 nitrogen and oxygen atoms in total. The van der Waals surface area contributed by atoms with Gasteiger partial charge in [0.1, 0.15) is 12.1 Å². The SMILES string of the molecule is COC(=O)c1ncn(-c2ccc(F)cc2CO)n1. The van der Waals surface area contributed by atoms with E-state index in [-0.39, 0.29) is 12.4 Å². The first kappa shape index (κ1) is 12.2. The number of aromatic nitrogens is 3. The summed E-state index contributed by atoms with van der Waals surface area (Å²) in [6.07, 6.45) is 1.29. The number of esters is 1. The fourth-order valence-electron chi connectivity index (χ4n) is 1.47. The number of halogens is 1. The average Bonchev–Trinajstić information content (AvgIpc) is 2.87. The summed E-state index contributed by atoms with van der Waals surface area (Å²) in [4.78, 5) is 15.0. The van der Waals surface area contributed by atoms with Crippen LogP contribution in [0.3, 0.4) is 0 Å². The summed E-state index contributed by atoms with van der Waals surface area (Å²) in [5, 5.41) is 13.0. The van der Waals surface area contributed by atoms with Crippen LogP contribution in [0.15, 0.2) is 24.5 Å². The summed E-state index contributed by atoms with van der Waals surface area (Å²) in [6.45, 7) is -0.347. The molecule has 2 aromatic rings. The van der Waals surface area contributed by atoms with E-state index in [2.05, 4.69) is 14.8 Å². The van der Waals surface area contributed by atoms with E-state index in [1.165, 1.54) is 36.3 Å². The first-order chi connectivity index (χ1) is 8.65. The molecule has 1 heterocycles. The molecule has 0 fully saturated rings. The predicted octanol–water partition coefficient (Wildman–Crippen LogP) is 0.685. The topological polar surface area (TPSA) is 77.2 Å². The Labute approximate surface area is 102 Å². The first-order valence-electron chi connectivity index (χ1n) is 5.05. The highest BCUT2D eigenvalue weighted by molar-refractivity contribution is 5.84. The van der Waals surface area contributed by atoms with Crippen LogP contribution in [-0.2, 0) is 11.3 Å². The summed E-state index contributed by atoms with van der Waals surface area (Å²) in [5.74, 6) is -1.23. The summed E-state index contributed by atoms with van der Waals surface area (Å²) in [5.41, 5.74) is 0.790. The minimum atomic E-state index is -0.665. The zero-order valence-corrected chi connectivity index (χ0v) is 9.50. The van der Waals surface area contributed by atoms with Gasteiger partial charge in [-0.1, -0.05) is 0 Å². The maximum Gasteiger partial charge on any atom is 0.377 e. The number of aliphatic hydroxyl groups excluding tert-OH is 1. The number of nitrogens with zero attached hydrogens (tertiary/aromatic N) is 3. The average molecular weight is 251 g/mol. The fourth-order valence-corrected chi connectivity index (χ4v) is 1.47. The van der Waals surface area contributed by atoms with Gasteiger partial charge in [0.05, 0.1) is 19.4 Å². The van der Waals surface area contributed by atoms with Crippen molar-refractivity contribution in [3.05, 3.63) is 41.7 Å². The van der Waals surface area contributed by atoms with Crippen molar-refractivity contribution in [2.24, 2.45) is 0 Å². The summed E-state index contributed by atoms with van der Waals surface area (Å²) in [7, 11) is 1.22. The highest BCUT2D eigenvalue weighted by Crippen LogP contribution is 2.15. The van der Waals surface area contributed by atoms with Crippen LogP contribution in [0.1, 0.15) is 16.2 Å². The van der Waals surface area contributed by atoms with Gasteiger partial charge in [-0.25, -0.2) is 18.9 Å².